The number of carbonyl (C=O) groups is 1. The number of hydrogen-bond donors (Lipinski definition) is 1. The largest absolute Gasteiger partial charge is 0.469 e. The van der Waals surface area contributed by atoms with Crippen LogP contribution in [-0.4, -0.2) is 18.2 Å². The Morgan fingerprint density at radius 3 is 2.56 bits per heavy atom. The zero-order chi connectivity index (χ0) is 12.3. The molecule has 4 heteroatoms. The van der Waals surface area contributed by atoms with Gasteiger partial charge in [-0.3, -0.25) is 4.79 Å². The van der Waals surface area contributed by atoms with Gasteiger partial charge in [0.15, 0.2) is 0 Å². The van der Waals surface area contributed by atoms with Gasteiger partial charge in [0, 0.05) is 4.47 Å². The summed E-state index contributed by atoms with van der Waals surface area (Å²) in [6.45, 7) is 3.25. The van der Waals surface area contributed by atoms with Crippen molar-refractivity contribution in [3.8, 4) is 0 Å². The van der Waals surface area contributed by atoms with E-state index in [0.29, 0.717) is 5.56 Å². The number of aliphatic hydroxyl groups is 1. The van der Waals surface area contributed by atoms with Crippen molar-refractivity contribution in [2.24, 2.45) is 5.92 Å². The van der Waals surface area contributed by atoms with E-state index in [0.717, 1.165) is 4.47 Å². The Balaban J connectivity index is 3.11. The summed E-state index contributed by atoms with van der Waals surface area (Å²) in [6, 6.07) is 7.28. The van der Waals surface area contributed by atoms with Crippen molar-refractivity contribution in [2.45, 2.75) is 19.4 Å². The molecule has 1 rings (SSSR count). The average molecular weight is 287 g/mol. The fourth-order valence-corrected chi connectivity index (χ4v) is 2.20. The molecule has 1 aromatic carbocycles. The van der Waals surface area contributed by atoms with Crippen LogP contribution >= 0.6 is 15.9 Å². The molecule has 1 aromatic rings. The SMILES string of the molecule is COC(=O)C(C)C(C)(O)c1ccccc1Br. The van der Waals surface area contributed by atoms with Crippen molar-refractivity contribution in [3.63, 3.8) is 0 Å². The van der Waals surface area contributed by atoms with Crippen LogP contribution in [0.3, 0.4) is 0 Å². The van der Waals surface area contributed by atoms with E-state index in [-0.39, 0.29) is 0 Å². The van der Waals surface area contributed by atoms with Crippen molar-refractivity contribution in [1.82, 2.24) is 0 Å². The third-order valence-electron chi connectivity index (χ3n) is 2.82. The summed E-state index contributed by atoms with van der Waals surface area (Å²) < 4.78 is 5.42. The maximum absolute atomic E-state index is 11.4. The molecule has 0 aliphatic carbocycles. The number of ether oxygens (including phenoxy) is 1. The quantitative estimate of drug-likeness (QED) is 0.869. The Labute approximate surface area is 104 Å². The summed E-state index contributed by atoms with van der Waals surface area (Å²) in [5.41, 5.74) is -0.583. The highest BCUT2D eigenvalue weighted by molar-refractivity contribution is 9.10. The average Bonchev–Trinajstić information content (AvgIpc) is 2.27. The highest BCUT2D eigenvalue weighted by Gasteiger charge is 2.37. The minimum Gasteiger partial charge on any atom is -0.469 e. The number of carbonyl (C=O) groups excluding carboxylic acids is 1. The summed E-state index contributed by atoms with van der Waals surface area (Å²) in [5.74, 6) is -1.06. The third-order valence-corrected chi connectivity index (χ3v) is 3.51. The molecule has 0 spiro atoms. The Hall–Kier alpha value is -0.870. The Morgan fingerprint density at radius 1 is 1.50 bits per heavy atom. The van der Waals surface area contributed by atoms with E-state index < -0.39 is 17.5 Å². The molecular weight excluding hydrogens is 272 g/mol. The van der Waals surface area contributed by atoms with Crippen LogP contribution in [0.5, 0.6) is 0 Å². The van der Waals surface area contributed by atoms with Crippen LogP contribution in [-0.2, 0) is 15.1 Å². The second-order valence-corrected chi connectivity index (χ2v) is 4.73. The molecule has 3 nitrogen and oxygen atoms in total. The smallest absolute Gasteiger partial charge is 0.311 e. The highest BCUT2D eigenvalue weighted by atomic mass is 79.9. The molecule has 0 radical (unpaired) electrons. The van der Waals surface area contributed by atoms with Gasteiger partial charge >= 0.3 is 5.97 Å². The van der Waals surface area contributed by atoms with E-state index in [1.54, 1.807) is 19.9 Å². The van der Waals surface area contributed by atoms with Crippen molar-refractivity contribution in [2.75, 3.05) is 7.11 Å². The third kappa shape index (κ3) is 2.44. The zero-order valence-electron chi connectivity index (χ0n) is 9.53. The fraction of sp³-hybridized carbons (Fsp3) is 0.417. The minimum absolute atomic E-state index is 0.430. The fourth-order valence-electron chi connectivity index (χ4n) is 1.51. The van der Waals surface area contributed by atoms with Crippen molar-refractivity contribution >= 4 is 21.9 Å². The molecule has 2 unspecified atom stereocenters. The van der Waals surface area contributed by atoms with Crippen LogP contribution in [0.1, 0.15) is 19.4 Å². The molecule has 0 amide bonds. The van der Waals surface area contributed by atoms with Gasteiger partial charge in [0.1, 0.15) is 5.60 Å². The second-order valence-electron chi connectivity index (χ2n) is 3.87. The number of rotatable bonds is 3. The monoisotopic (exact) mass is 286 g/mol. The summed E-state index contributed by atoms with van der Waals surface area (Å²) >= 11 is 3.36. The lowest BCUT2D eigenvalue weighted by molar-refractivity contribution is -0.154. The Morgan fingerprint density at radius 2 is 2.06 bits per heavy atom. The van der Waals surface area contributed by atoms with E-state index in [2.05, 4.69) is 20.7 Å². The van der Waals surface area contributed by atoms with Gasteiger partial charge in [-0.15, -0.1) is 0 Å². The first-order chi connectivity index (χ1) is 7.41. The van der Waals surface area contributed by atoms with Gasteiger partial charge in [-0.1, -0.05) is 34.1 Å². The summed E-state index contributed by atoms with van der Waals surface area (Å²) in [5, 5.41) is 10.4. The second kappa shape index (κ2) is 4.97. The van der Waals surface area contributed by atoms with Gasteiger partial charge in [-0.25, -0.2) is 0 Å². The first kappa shape index (κ1) is 13.2. The lowest BCUT2D eigenvalue weighted by atomic mass is 9.84. The molecule has 0 saturated carbocycles. The molecule has 0 aliphatic rings. The Kier molecular flexibility index (Phi) is 4.10. The summed E-state index contributed by atoms with van der Waals surface area (Å²) in [6.07, 6.45) is 0. The molecule has 0 bridgehead atoms. The first-order valence-electron chi connectivity index (χ1n) is 4.96. The van der Waals surface area contributed by atoms with Crippen LogP contribution in [0.15, 0.2) is 28.7 Å². The number of benzene rings is 1. The summed E-state index contributed by atoms with van der Waals surface area (Å²) in [4.78, 5) is 11.4. The molecule has 88 valence electrons. The molecule has 0 heterocycles. The summed E-state index contributed by atoms with van der Waals surface area (Å²) in [7, 11) is 1.31. The van der Waals surface area contributed by atoms with Crippen molar-refractivity contribution in [1.29, 1.82) is 0 Å². The lowest BCUT2D eigenvalue weighted by Gasteiger charge is -2.29. The van der Waals surface area contributed by atoms with E-state index in [1.807, 2.05) is 18.2 Å². The van der Waals surface area contributed by atoms with E-state index >= 15 is 0 Å². The number of esters is 1. The van der Waals surface area contributed by atoms with Crippen LogP contribution in [0.4, 0.5) is 0 Å². The van der Waals surface area contributed by atoms with Crippen LogP contribution in [0.2, 0.25) is 0 Å². The molecule has 16 heavy (non-hydrogen) atoms. The van der Waals surface area contributed by atoms with Crippen LogP contribution < -0.4 is 0 Å². The minimum atomic E-state index is -1.26. The molecule has 0 saturated heterocycles. The number of halogens is 1. The number of hydrogen-bond acceptors (Lipinski definition) is 3. The van der Waals surface area contributed by atoms with Gasteiger partial charge in [-0.05, 0) is 25.5 Å². The van der Waals surface area contributed by atoms with E-state index in [9.17, 15) is 9.90 Å². The van der Waals surface area contributed by atoms with Crippen molar-refractivity contribution in [3.05, 3.63) is 34.3 Å². The predicted octanol–water partition coefficient (Wildman–Crippen LogP) is 2.47. The van der Waals surface area contributed by atoms with Gasteiger partial charge in [-0.2, -0.15) is 0 Å². The van der Waals surface area contributed by atoms with Gasteiger partial charge in [0.25, 0.3) is 0 Å². The molecule has 0 aromatic heterocycles. The number of methoxy groups -OCH3 is 1. The molecule has 2 atom stereocenters. The predicted molar refractivity (Wildman–Crippen MR) is 64.9 cm³/mol. The molecule has 0 aliphatic heterocycles. The standard InChI is InChI=1S/C12H15BrO3/c1-8(11(14)16-3)12(2,15)9-6-4-5-7-10(9)13/h4-8,15H,1-3H3. The normalized spacial score (nSPS) is 16.3. The first-order valence-corrected chi connectivity index (χ1v) is 5.75. The molecule has 0 fully saturated rings. The van der Waals surface area contributed by atoms with Gasteiger partial charge in [0.05, 0.1) is 13.0 Å². The zero-order valence-corrected chi connectivity index (χ0v) is 11.1. The van der Waals surface area contributed by atoms with Gasteiger partial charge in [0.2, 0.25) is 0 Å². The van der Waals surface area contributed by atoms with Gasteiger partial charge < -0.3 is 9.84 Å². The maximum atomic E-state index is 11.4. The lowest BCUT2D eigenvalue weighted by Crippen LogP contribution is -2.36. The molecule has 1 N–H and O–H groups in total. The maximum Gasteiger partial charge on any atom is 0.311 e. The van der Waals surface area contributed by atoms with E-state index in [4.69, 9.17) is 0 Å². The van der Waals surface area contributed by atoms with E-state index in [1.165, 1.54) is 7.11 Å². The topological polar surface area (TPSA) is 46.5 Å². The van der Waals surface area contributed by atoms with Crippen molar-refractivity contribution < 1.29 is 14.6 Å². The molecular formula is C12H15BrO3. The Bertz CT molecular complexity index is 388. The highest BCUT2D eigenvalue weighted by Crippen LogP contribution is 2.34. The van der Waals surface area contributed by atoms with Crippen LogP contribution in [0.25, 0.3) is 0 Å². The van der Waals surface area contributed by atoms with Crippen LogP contribution in [0, 0.1) is 5.92 Å².